The Morgan fingerprint density at radius 2 is 1.81 bits per heavy atom. The van der Waals surface area contributed by atoms with Crippen LogP contribution in [-0.4, -0.2) is 35.5 Å². The number of hydrogen-bond donors (Lipinski definition) is 3. The van der Waals surface area contributed by atoms with E-state index in [-0.39, 0.29) is 11.2 Å². The molecule has 0 aliphatic carbocycles. The van der Waals surface area contributed by atoms with Gasteiger partial charge in [-0.2, -0.15) is 0 Å². The topological polar surface area (TPSA) is 109 Å². The van der Waals surface area contributed by atoms with Crippen molar-refractivity contribution >= 4 is 28.5 Å². The fourth-order valence-corrected chi connectivity index (χ4v) is 2.60. The Bertz CT molecular complexity index is 1020. The number of anilines is 2. The number of hydrogen-bond acceptors (Lipinski definition) is 7. The van der Waals surface area contributed by atoms with Crippen LogP contribution >= 0.6 is 0 Å². The Kier molecular flexibility index (Phi) is 5.65. The molecule has 3 rings (SSSR count). The molecule has 1 amide bonds. The highest BCUT2D eigenvalue weighted by Gasteiger charge is 2.11. The van der Waals surface area contributed by atoms with E-state index in [0.717, 1.165) is 12.4 Å². The molecule has 0 unspecified atom stereocenters. The molecule has 0 saturated heterocycles. The summed E-state index contributed by atoms with van der Waals surface area (Å²) in [5.74, 6) is 1.62. The molecule has 0 bridgehead atoms. The first-order chi connectivity index (χ1) is 13.1. The lowest BCUT2D eigenvalue weighted by Crippen LogP contribution is -2.29. The molecule has 0 atom stereocenters. The summed E-state index contributed by atoms with van der Waals surface area (Å²) < 4.78 is 5.52. The molecule has 1 aromatic carbocycles. The van der Waals surface area contributed by atoms with Gasteiger partial charge in [0.25, 0.3) is 5.91 Å². The van der Waals surface area contributed by atoms with Crippen LogP contribution in [0.2, 0.25) is 0 Å². The average Bonchev–Trinajstić information content (AvgIpc) is 2.65. The summed E-state index contributed by atoms with van der Waals surface area (Å²) in [5, 5.41) is 9.44. The van der Waals surface area contributed by atoms with Crippen LogP contribution in [-0.2, 0) is 0 Å². The molecule has 0 radical (unpaired) electrons. The summed E-state index contributed by atoms with van der Waals surface area (Å²) in [6, 6.07) is 9.85. The van der Waals surface area contributed by atoms with E-state index < -0.39 is 5.91 Å². The van der Waals surface area contributed by atoms with Crippen molar-refractivity contribution in [1.29, 1.82) is 0 Å². The molecule has 0 saturated carbocycles. The highest BCUT2D eigenvalue weighted by atomic mass is 16.3. The standard InChI is InChI=1S/C19H21N5O3/c1-3-20-17-11-18(24-12(2)23-17)21-8-9-22-19(26)16-10-14(25)13-6-4-5-7-15(13)27-16/h4-7,10-11H,3,8-9H2,1-2H3,(H,22,26)(H2,20,21,23,24). The molecule has 2 aromatic heterocycles. The Morgan fingerprint density at radius 1 is 1.07 bits per heavy atom. The second kappa shape index (κ2) is 8.31. The highest BCUT2D eigenvalue weighted by Crippen LogP contribution is 2.12. The van der Waals surface area contributed by atoms with Crippen LogP contribution in [0.5, 0.6) is 0 Å². The van der Waals surface area contributed by atoms with Gasteiger partial charge in [-0.05, 0) is 26.0 Å². The number of aryl methyl sites for hydroxylation is 1. The van der Waals surface area contributed by atoms with Gasteiger partial charge in [-0.25, -0.2) is 9.97 Å². The van der Waals surface area contributed by atoms with Gasteiger partial charge >= 0.3 is 0 Å². The van der Waals surface area contributed by atoms with Crippen molar-refractivity contribution in [2.24, 2.45) is 0 Å². The first-order valence-electron chi connectivity index (χ1n) is 8.71. The smallest absolute Gasteiger partial charge is 0.287 e. The third-order valence-electron chi connectivity index (χ3n) is 3.77. The fraction of sp³-hybridized carbons (Fsp3) is 0.263. The molecule has 3 N–H and O–H groups in total. The van der Waals surface area contributed by atoms with Crippen molar-refractivity contribution in [3.63, 3.8) is 0 Å². The van der Waals surface area contributed by atoms with E-state index in [4.69, 9.17) is 4.42 Å². The van der Waals surface area contributed by atoms with Gasteiger partial charge in [-0.15, -0.1) is 0 Å². The zero-order valence-electron chi connectivity index (χ0n) is 15.2. The Morgan fingerprint density at radius 3 is 2.59 bits per heavy atom. The Hall–Kier alpha value is -3.42. The monoisotopic (exact) mass is 367 g/mol. The zero-order chi connectivity index (χ0) is 19.2. The van der Waals surface area contributed by atoms with Crippen molar-refractivity contribution in [2.75, 3.05) is 30.3 Å². The molecule has 0 fully saturated rings. The van der Waals surface area contributed by atoms with Gasteiger partial charge in [0.05, 0.1) is 5.39 Å². The predicted molar refractivity (Wildman–Crippen MR) is 104 cm³/mol. The van der Waals surface area contributed by atoms with Crippen LogP contribution in [0.4, 0.5) is 11.6 Å². The van der Waals surface area contributed by atoms with Gasteiger partial charge in [-0.1, -0.05) is 12.1 Å². The van der Waals surface area contributed by atoms with E-state index in [1.54, 1.807) is 30.3 Å². The number of nitrogens with zero attached hydrogens (tertiary/aromatic N) is 2. The summed E-state index contributed by atoms with van der Waals surface area (Å²) in [6.45, 7) is 5.38. The number of benzene rings is 1. The molecular formula is C19H21N5O3. The van der Waals surface area contributed by atoms with Crippen molar-refractivity contribution in [1.82, 2.24) is 15.3 Å². The van der Waals surface area contributed by atoms with Crippen LogP contribution in [0.3, 0.4) is 0 Å². The predicted octanol–water partition coefficient (Wildman–Crippen LogP) is 2.17. The van der Waals surface area contributed by atoms with E-state index in [2.05, 4.69) is 25.9 Å². The second-order valence-electron chi connectivity index (χ2n) is 5.87. The molecule has 0 spiro atoms. The number of para-hydroxylation sites is 1. The highest BCUT2D eigenvalue weighted by molar-refractivity contribution is 5.93. The number of fused-ring (bicyclic) bond motifs is 1. The number of carbonyl (C=O) groups is 1. The number of amides is 1. The van der Waals surface area contributed by atoms with Crippen LogP contribution in [0.25, 0.3) is 11.0 Å². The number of aromatic nitrogens is 2. The fourth-order valence-electron chi connectivity index (χ4n) is 2.60. The third kappa shape index (κ3) is 4.60. The maximum absolute atomic E-state index is 12.2. The number of rotatable bonds is 7. The SMILES string of the molecule is CCNc1cc(NCCNC(=O)c2cc(=O)c3ccccc3o2)nc(C)n1. The summed E-state index contributed by atoms with van der Waals surface area (Å²) in [6.07, 6.45) is 0. The van der Waals surface area contributed by atoms with Gasteiger partial charge < -0.3 is 20.4 Å². The molecule has 0 aliphatic rings. The quantitative estimate of drug-likeness (QED) is 0.549. The molecule has 2 heterocycles. The van der Waals surface area contributed by atoms with Crippen LogP contribution in [0, 0.1) is 6.92 Å². The maximum Gasteiger partial charge on any atom is 0.287 e. The lowest BCUT2D eigenvalue weighted by atomic mass is 10.2. The van der Waals surface area contributed by atoms with Crippen LogP contribution in [0.1, 0.15) is 23.3 Å². The Balaban J connectivity index is 1.58. The van der Waals surface area contributed by atoms with Crippen LogP contribution in [0.15, 0.2) is 45.6 Å². The van der Waals surface area contributed by atoms with Crippen LogP contribution < -0.4 is 21.4 Å². The van der Waals surface area contributed by atoms with Gasteiger partial charge in [0.1, 0.15) is 23.0 Å². The van der Waals surface area contributed by atoms with Gasteiger partial charge in [0.15, 0.2) is 11.2 Å². The zero-order valence-corrected chi connectivity index (χ0v) is 15.2. The van der Waals surface area contributed by atoms with E-state index in [9.17, 15) is 9.59 Å². The lowest BCUT2D eigenvalue weighted by molar-refractivity contribution is 0.0928. The largest absolute Gasteiger partial charge is 0.451 e. The minimum atomic E-state index is -0.438. The summed E-state index contributed by atoms with van der Waals surface area (Å²) in [5.41, 5.74) is 0.147. The molecule has 0 aliphatic heterocycles. The van der Waals surface area contributed by atoms with Crippen molar-refractivity contribution < 1.29 is 9.21 Å². The Labute approximate surface area is 156 Å². The number of carbonyl (C=O) groups excluding carboxylic acids is 1. The summed E-state index contributed by atoms with van der Waals surface area (Å²) >= 11 is 0. The summed E-state index contributed by atoms with van der Waals surface area (Å²) in [7, 11) is 0. The number of nitrogens with one attached hydrogen (secondary N) is 3. The van der Waals surface area contributed by atoms with Gasteiger partial charge in [0.2, 0.25) is 0 Å². The van der Waals surface area contributed by atoms with E-state index in [1.165, 1.54) is 6.07 Å². The molecule has 140 valence electrons. The molecule has 8 heteroatoms. The minimum absolute atomic E-state index is 0.00832. The van der Waals surface area contributed by atoms with Crippen molar-refractivity contribution in [3.8, 4) is 0 Å². The molecule has 8 nitrogen and oxygen atoms in total. The average molecular weight is 367 g/mol. The maximum atomic E-state index is 12.2. The minimum Gasteiger partial charge on any atom is -0.451 e. The van der Waals surface area contributed by atoms with Gasteiger partial charge in [-0.3, -0.25) is 9.59 Å². The van der Waals surface area contributed by atoms with Crippen molar-refractivity contribution in [2.45, 2.75) is 13.8 Å². The first-order valence-corrected chi connectivity index (χ1v) is 8.71. The van der Waals surface area contributed by atoms with Gasteiger partial charge in [0, 0.05) is 31.8 Å². The molecule has 27 heavy (non-hydrogen) atoms. The van der Waals surface area contributed by atoms with Crippen molar-refractivity contribution in [3.05, 3.63) is 58.2 Å². The lowest BCUT2D eigenvalue weighted by Gasteiger charge is -2.10. The molecular weight excluding hydrogens is 346 g/mol. The van der Waals surface area contributed by atoms with E-state index >= 15 is 0 Å². The molecule has 3 aromatic rings. The van der Waals surface area contributed by atoms with E-state index in [0.29, 0.717) is 35.7 Å². The first kappa shape index (κ1) is 18.4. The van der Waals surface area contributed by atoms with E-state index in [1.807, 2.05) is 13.8 Å². The third-order valence-corrected chi connectivity index (χ3v) is 3.77. The second-order valence-corrected chi connectivity index (χ2v) is 5.87. The normalized spacial score (nSPS) is 10.6. The summed E-state index contributed by atoms with van der Waals surface area (Å²) in [4.78, 5) is 32.9.